The molecule has 0 heterocycles. The van der Waals surface area contributed by atoms with Gasteiger partial charge in [0, 0.05) is 6.42 Å². The van der Waals surface area contributed by atoms with Crippen LogP contribution < -0.4 is 0 Å². The van der Waals surface area contributed by atoms with E-state index < -0.39 is 5.97 Å². The van der Waals surface area contributed by atoms with Crippen molar-refractivity contribution in [3.05, 3.63) is 0 Å². The van der Waals surface area contributed by atoms with E-state index in [1.165, 1.54) is 83.5 Å². The molecule has 0 saturated carbocycles. The number of hydrogen-bond donors (Lipinski definition) is 1. The zero-order chi connectivity index (χ0) is 24.4. The van der Waals surface area contributed by atoms with Crippen LogP contribution in [-0.2, 0) is 14.3 Å². The molecule has 0 radical (unpaired) electrons. The number of hydrogen-bond acceptors (Lipinski definition) is 3. The third kappa shape index (κ3) is 23.9. The molecule has 0 rings (SSSR count). The molecule has 1 unspecified atom stereocenters. The number of carbonyl (C=O) groups is 2. The molecule has 0 bridgehead atoms. The van der Waals surface area contributed by atoms with Crippen LogP contribution in [0.1, 0.15) is 162 Å². The van der Waals surface area contributed by atoms with Crippen LogP contribution in [0.3, 0.4) is 0 Å². The van der Waals surface area contributed by atoms with Crippen LogP contribution >= 0.6 is 0 Å². The van der Waals surface area contributed by atoms with Gasteiger partial charge in [-0.2, -0.15) is 0 Å². The van der Waals surface area contributed by atoms with Crippen LogP contribution in [0.15, 0.2) is 0 Å². The van der Waals surface area contributed by atoms with E-state index in [2.05, 4.69) is 13.8 Å². The molecule has 1 atom stereocenters. The predicted octanol–water partition coefficient (Wildman–Crippen LogP) is 9.24. The summed E-state index contributed by atoms with van der Waals surface area (Å²) in [5.74, 6) is -0.635. The van der Waals surface area contributed by atoms with E-state index in [9.17, 15) is 9.59 Å². The van der Waals surface area contributed by atoms with E-state index in [-0.39, 0.29) is 18.3 Å². The van der Waals surface area contributed by atoms with E-state index in [0.717, 1.165) is 57.8 Å². The topological polar surface area (TPSA) is 63.6 Å². The number of carbonyl (C=O) groups excluding carboxylic acids is 1. The number of unbranched alkanes of at least 4 members (excludes halogenated alkanes) is 17. The highest BCUT2D eigenvalue weighted by Gasteiger charge is 2.19. The highest BCUT2D eigenvalue weighted by Crippen LogP contribution is 2.21. The number of aliphatic carboxylic acids is 1. The Morgan fingerprint density at radius 3 is 1.42 bits per heavy atom. The van der Waals surface area contributed by atoms with Gasteiger partial charge in [0.25, 0.3) is 0 Å². The van der Waals surface area contributed by atoms with E-state index in [1.54, 1.807) is 0 Å². The normalized spacial score (nSPS) is 12.1. The van der Waals surface area contributed by atoms with Gasteiger partial charge in [0.2, 0.25) is 0 Å². The molecule has 0 aromatic heterocycles. The summed E-state index contributed by atoms with van der Waals surface area (Å²) in [6.45, 7) is 5.07. The fourth-order valence-corrected chi connectivity index (χ4v) is 4.45. The molecule has 0 aromatic rings. The Bertz CT molecular complexity index is 435. The second-order valence-corrected chi connectivity index (χ2v) is 9.95. The zero-order valence-electron chi connectivity index (χ0n) is 22.2. The molecule has 4 nitrogen and oxygen atoms in total. The first kappa shape index (κ1) is 31.9. The van der Waals surface area contributed by atoms with Crippen LogP contribution in [-0.4, -0.2) is 23.7 Å². The molecule has 0 aliphatic carbocycles. The monoisotopic (exact) mass is 468 g/mol. The average molecular weight is 469 g/mol. The lowest BCUT2D eigenvalue weighted by Gasteiger charge is -2.16. The van der Waals surface area contributed by atoms with E-state index in [4.69, 9.17) is 9.84 Å². The van der Waals surface area contributed by atoms with Crippen molar-refractivity contribution < 1.29 is 19.4 Å². The van der Waals surface area contributed by atoms with Crippen LogP contribution in [0, 0.1) is 5.92 Å². The van der Waals surface area contributed by atoms with Crippen molar-refractivity contribution >= 4 is 11.9 Å². The van der Waals surface area contributed by atoms with Gasteiger partial charge in [0.05, 0.1) is 12.5 Å². The first-order valence-electron chi connectivity index (χ1n) is 14.5. The molecule has 0 spiro atoms. The second-order valence-electron chi connectivity index (χ2n) is 9.95. The fraction of sp³-hybridized carbons (Fsp3) is 0.931. The van der Waals surface area contributed by atoms with Crippen molar-refractivity contribution in [3.8, 4) is 0 Å². The first-order chi connectivity index (χ1) is 16.1. The van der Waals surface area contributed by atoms with Crippen LogP contribution in [0.5, 0.6) is 0 Å². The van der Waals surface area contributed by atoms with Crippen molar-refractivity contribution in [2.24, 2.45) is 5.92 Å². The molecule has 4 heteroatoms. The number of carboxylic acids is 1. The second kappa shape index (κ2) is 25.6. The Labute approximate surface area is 205 Å². The summed E-state index contributed by atoms with van der Waals surface area (Å²) in [6, 6.07) is 0. The Balaban J connectivity index is 3.95. The molecule has 0 saturated heterocycles. The van der Waals surface area contributed by atoms with Crippen molar-refractivity contribution in [1.29, 1.82) is 0 Å². The standard InChI is InChI=1S/C29H56O4/c1-3-5-7-9-10-11-12-13-18-22-26-33-29(32)27(23-19-15-8-6-4-2)24-20-16-14-17-21-25-28(30)31/h27H,3-26H2,1-2H3,(H,30,31). The Hall–Kier alpha value is -1.06. The molecule has 1 N–H and O–H groups in total. The van der Waals surface area contributed by atoms with Crippen LogP contribution in [0.2, 0.25) is 0 Å². The van der Waals surface area contributed by atoms with Crippen LogP contribution in [0.4, 0.5) is 0 Å². The van der Waals surface area contributed by atoms with Crippen molar-refractivity contribution in [2.45, 2.75) is 162 Å². The summed E-state index contributed by atoms with van der Waals surface area (Å²) in [5.41, 5.74) is 0. The molecule has 0 aliphatic rings. The minimum atomic E-state index is -0.705. The van der Waals surface area contributed by atoms with E-state index in [0.29, 0.717) is 6.61 Å². The summed E-state index contributed by atoms with van der Waals surface area (Å²) in [6.07, 6.45) is 26.1. The Morgan fingerprint density at radius 2 is 0.970 bits per heavy atom. The molecular weight excluding hydrogens is 412 g/mol. The molecule has 196 valence electrons. The largest absolute Gasteiger partial charge is 0.481 e. The van der Waals surface area contributed by atoms with Crippen LogP contribution in [0.25, 0.3) is 0 Å². The third-order valence-corrected chi connectivity index (χ3v) is 6.67. The zero-order valence-corrected chi connectivity index (χ0v) is 22.2. The van der Waals surface area contributed by atoms with E-state index in [1.807, 2.05) is 0 Å². The van der Waals surface area contributed by atoms with Gasteiger partial charge in [0.15, 0.2) is 0 Å². The average Bonchev–Trinajstić information content (AvgIpc) is 2.80. The summed E-state index contributed by atoms with van der Waals surface area (Å²) in [5, 5.41) is 8.71. The maximum atomic E-state index is 12.7. The van der Waals surface area contributed by atoms with Gasteiger partial charge >= 0.3 is 11.9 Å². The maximum absolute atomic E-state index is 12.7. The van der Waals surface area contributed by atoms with Crippen molar-refractivity contribution in [2.75, 3.05) is 6.61 Å². The Morgan fingerprint density at radius 1 is 0.576 bits per heavy atom. The third-order valence-electron chi connectivity index (χ3n) is 6.67. The smallest absolute Gasteiger partial charge is 0.308 e. The SMILES string of the molecule is CCCCCCCCCCCCOC(=O)C(CCCCCCC)CCCCCCCC(=O)O. The summed E-state index contributed by atoms with van der Waals surface area (Å²) < 4.78 is 5.67. The van der Waals surface area contributed by atoms with Crippen molar-refractivity contribution in [3.63, 3.8) is 0 Å². The van der Waals surface area contributed by atoms with Gasteiger partial charge in [-0.1, -0.05) is 129 Å². The summed E-state index contributed by atoms with van der Waals surface area (Å²) in [4.78, 5) is 23.3. The van der Waals surface area contributed by atoms with Gasteiger partial charge in [-0.25, -0.2) is 0 Å². The molecule has 0 amide bonds. The molecule has 0 fully saturated rings. The van der Waals surface area contributed by atoms with Gasteiger partial charge in [0.1, 0.15) is 0 Å². The van der Waals surface area contributed by atoms with Gasteiger partial charge in [-0.15, -0.1) is 0 Å². The van der Waals surface area contributed by atoms with Gasteiger partial charge < -0.3 is 9.84 Å². The maximum Gasteiger partial charge on any atom is 0.308 e. The highest BCUT2D eigenvalue weighted by molar-refractivity contribution is 5.72. The van der Waals surface area contributed by atoms with Gasteiger partial charge in [-0.05, 0) is 25.7 Å². The van der Waals surface area contributed by atoms with Crippen molar-refractivity contribution in [1.82, 2.24) is 0 Å². The fourth-order valence-electron chi connectivity index (χ4n) is 4.45. The Kier molecular flexibility index (Phi) is 24.7. The quantitative estimate of drug-likeness (QED) is 0.101. The summed E-state index contributed by atoms with van der Waals surface area (Å²) in [7, 11) is 0. The van der Waals surface area contributed by atoms with Gasteiger partial charge in [-0.3, -0.25) is 9.59 Å². The molecule has 0 aromatic carbocycles. The summed E-state index contributed by atoms with van der Waals surface area (Å²) >= 11 is 0. The highest BCUT2D eigenvalue weighted by atomic mass is 16.5. The minimum Gasteiger partial charge on any atom is -0.481 e. The number of esters is 1. The lowest BCUT2D eigenvalue weighted by atomic mass is 9.94. The molecule has 33 heavy (non-hydrogen) atoms. The first-order valence-corrected chi connectivity index (χ1v) is 14.5. The lowest BCUT2D eigenvalue weighted by molar-refractivity contribution is -0.149. The number of rotatable bonds is 26. The number of ether oxygens (including phenoxy) is 1. The minimum absolute atomic E-state index is 0.0206. The molecular formula is C29H56O4. The van der Waals surface area contributed by atoms with E-state index >= 15 is 0 Å². The lowest BCUT2D eigenvalue weighted by Crippen LogP contribution is -2.18. The number of carboxylic acid groups (broad SMARTS) is 1. The molecule has 0 aliphatic heterocycles. The predicted molar refractivity (Wildman–Crippen MR) is 140 cm³/mol.